The Labute approximate surface area is 123 Å². The van der Waals surface area contributed by atoms with Gasteiger partial charge in [-0.3, -0.25) is 4.79 Å². The summed E-state index contributed by atoms with van der Waals surface area (Å²) in [5.74, 6) is -0.788. The molecule has 1 aromatic carbocycles. The molecule has 1 aliphatic heterocycles. The molecular weight excluding hydrogens is 274 g/mol. The normalized spacial score (nSPS) is 17.5. The predicted molar refractivity (Wildman–Crippen MR) is 76.8 cm³/mol. The van der Waals surface area contributed by atoms with Crippen LogP contribution in [0.15, 0.2) is 18.2 Å². The molecule has 1 aliphatic rings. The molecule has 114 valence electrons. The van der Waals surface area contributed by atoms with Crippen molar-refractivity contribution in [2.24, 2.45) is 0 Å². The maximum absolute atomic E-state index is 11.9. The van der Waals surface area contributed by atoms with E-state index in [0.717, 1.165) is 19.4 Å². The molecule has 0 spiro atoms. The largest absolute Gasteiger partial charge is 0.495 e. The van der Waals surface area contributed by atoms with Crippen LogP contribution < -0.4 is 10.1 Å². The molecule has 1 aromatic rings. The first kappa shape index (κ1) is 15.3. The Kier molecular flexibility index (Phi) is 5.16. The van der Waals surface area contributed by atoms with Crippen LogP contribution in [0.1, 0.15) is 36.0 Å². The molecule has 1 atom stereocenters. The molecule has 0 aliphatic carbocycles. The van der Waals surface area contributed by atoms with Gasteiger partial charge in [-0.15, -0.1) is 0 Å². The van der Waals surface area contributed by atoms with Crippen LogP contribution in [0.4, 0.5) is 5.69 Å². The van der Waals surface area contributed by atoms with Crippen molar-refractivity contribution in [3.05, 3.63) is 23.8 Å². The minimum Gasteiger partial charge on any atom is -0.495 e. The maximum atomic E-state index is 11.9. The van der Waals surface area contributed by atoms with E-state index >= 15 is 0 Å². The quantitative estimate of drug-likeness (QED) is 0.840. The highest BCUT2D eigenvalue weighted by molar-refractivity contribution is 5.95. The lowest BCUT2D eigenvalue weighted by Crippen LogP contribution is -2.16. The number of carboxylic acids is 1. The van der Waals surface area contributed by atoms with Crippen molar-refractivity contribution < 1.29 is 24.2 Å². The van der Waals surface area contributed by atoms with Gasteiger partial charge in [0, 0.05) is 13.0 Å². The second kappa shape index (κ2) is 7.08. The van der Waals surface area contributed by atoms with E-state index in [1.165, 1.54) is 25.3 Å². The van der Waals surface area contributed by atoms with Gasteiger partial charge in [-0.05, 0) is 37.5 Å². The summed E-state index contributed by atoms with van der Waals surface area (Å²) in [5.41, 5.74) is 0.472. The van der Waals surface area contributed by atoms with E-state index < -0.39 is 5.97 Å². The number of nitrogens with one attached hydrogen (secondary N) is 1. The minimum atomic E-state index is -1.05. The minimum absolute atomic E-state index is 0.102. The molecule has 0 aromatic heterocycles. The Hall–Kier alpha value is -2.08. The van der Waals surface area contributed by atoms with Crippen molar-refractivity contribution in [2.45, 2.75) is 31.8 Å². The summed E-state index contributed by atoms with van der Waals surface area (Å²) < 4.78 is 10.6. The fraction of sp³-hybridized carbons (Fsp3) is 0.467. The topological polar surface area (TPSA) is 84.9 Å². The first-order valence-electron chi connectivity index (χ1n) is 6.93. The van der Waals surface area contributed by atoms with Gasteiger partial charge in [-0.1, -0.05) is 0 Å². The number of carbonyl (C=O) groups is 2. The molecule has 2 N–H and O–H groups in total. The number of hydrogen-bond donors (Lipinski definition) is 2. The molecule has 0 saturated carbocycles. The molecule has 2 rings (SSSR count). The molecule has 1 amide bonds. The molecule has 6 nitrogen and oxygen atoms in total. The number of amides is 1. The zero-order chi connectivity index (χ0) is 15.2. The summed E-state index contributed by atoms with van der Waals surface area (Å²) in [5, 5.41) is 11.7. The van der Waals surface area contributed by atoms with E-state index in [1.54, 1.807) is 0 Å². The van der Waals surface area contributed by atoms with Crippen molar-refractivity contribution in [2.75, 3.05) is 19.0 Å². The van der Waals surface area contributed by atoms with E-state index in [4.69, 9.17) is 14.6 Å². The number of rotatable bonds is 6. The fourth-order valence-electron chi connectivity index (χ4n) is 2.32. The summed E-state index contributed by atoms with van der Waals surface area (Å²) in [6.45, 7) is 0.765. The van der Waals surface area contributed by atoms with Crippen LogP contribution in [0, 0.1) is 0 Å². The van der Waals surface area contributed by atoms with Crippen LogP contribution in [-0.4, -0.2) is 36.8 Å². The number of anilines is 1. The number of hydrogen-bond acceptors (Lipinski definition) is 4. The smallest absolute Gasteiger partial charge is 0.335 e. The maximum Gasteiger partial charge on any atom is 0.335 e. The number of ether oxygens (including phenoxy) is 2. The summed E-state index contributed by atoms with van der Waals surface area (Å²) in [4.78, 5) is 22.9. The summed E-state index contributed by atoms with van der Waals surface area (Å²) >= 11 is 0. The van der Waals surface area contributed by atoms with Gasteiger partial charge in [-0.25, -0.2) is 4.79 Å². The lowest BCUT2D eigenvalue weighted by Gasteiger charge is -2.12. The van der Waals surface area contributed by atoms with Gasteiger partial charge < -0.3 is 19.9 Å². The van der Waals surface area contributed by atoms with E-state index in [-0.39, 0.29) is 17.6 Å². The zero-order valence-corrected chi connectivity index (χ0v) is 11.9. The van der Waals surface area contributed by atoms with Crippen LogP contribution in [0.2, 0.25) is 0 Å². The van der Waals surface area contributed by atoms with Crippen LogP contribution in [0.25, 0.3) is 0 Å². The average Bonchev–Trinajstić information content (AvgIpc) is 2.98. The lowest BCUT2D eigenvalue weighted by molar-refractivity contribution is -0.116. The molecule has 6 heteroatoms. The molecule has 21 heavy (non-hydrogen) atoms. The molecule has 0 radical (unpaired) electrons. The average molecular weight is 293 g/mol. The molecule has 1 unspecified atom stereocenters. The Bertz CT molecular complexity index is 523. The van der Waals surface area contributed by atoms with Crippen molar-refractivity contribution in [3.8, 4) is 5.75 Å². The highest BCUT2D eigenvalue weighted by atomic mass is 16.5. The number of carboxylic acid groups (broad SMARTS) is 1. The summed E-state index contributed by atoms with van der Waals surface area (Å²) in [6.07, 6.45) is 3.20. The van der Waals surface area contributed by atoms with Crippen LogP contribution in [-0.2, 0) is 9.53 Å². The van der Waals surface area contributed by atoms with Crippen molar-refractivity contribution in [1.82, 2.24) is 0 Å². The Morgan fingerprint density at radius 2 is 2.29 bits per heavy atom. The Balaban J connectivity index is 1.97. The van der Waals surface area contributed by atoms with Crippen LogP contribution in [0.5, 0.6) is 5.75 Å². The predicted octanol–water partition coefficient (Wildman–Crippen LogP) is 2.29. The third-order valence-corrected chi connectivity index (χ3v) is 3.44. The van der Waals surface area contributed by atoms with E-state index in [9.17, 15) is 9.59 Å². The van der Waals surface area contributed by atoms with Crippen LogP contribution >= 0.6 is 0 Å². The van der Waals surface area contributed by atoms with Gasteiger partial charge in [0.2, 0.25) is 5.91 Å². The third-order valence-electron chi connectivity index (χ3n) is 3.44. The van der Waals surface area contributed by atoms with Gasteiger partial charge >= 0.3 is 5.97 Å². The van der Waals surface area contributed by atoms with Gasteiger partial charge in [0.15, 0.2) is 0 Å². The van der Waals surface area contributed by atoms with E-state index in [1.807, 2.05) is 0 Å². The highest BCUT2D eigenvalue weighted by Gasteiger charge is 2.17. The number of benzene rings is 1. The standard InChI is InChI=1S/C15H19NO5/c1-20-13-6-4-10(15(18)19)9-12(13)16-14(17)7-5-11-3-2-8-21-11/h4,6,9,11H,2-3,5,7-8H2,1H3,(H,16,17)(H,18,19). The number of carbonyl (C=O) groups excluding carboxylic acids is 1. The SMILES string of the molecule is COc1ccc(C(=O)O)cc1NC(=O)CCC1CCCO1. The Morgan fingerprint density at radius 1 is 1.48 bits per heavy atom. The number of aromatic carboxylic acids is 1. The molecule has 1 heterocycles. The lowest BCUT2D eigenvalue weighted by atomic mass is 10.1. The van der Waals surface area contributed by atoms with Crippen molar-refractivity contribution in [1.29, 1.82) is 0 Å². The zero-order valence-electron chi connectivity index (χ0n) is 11.9. The van der Waals surface area contributed by atoms with Gasteiger partial charge in [0.1, 0.15) is 5.75 Å². The van der Waals surface area contributed by atoms with E-state index in [0.29, 0.717) is 24.3 Å². The first-order valence-corrected chi connectivity index (χ1v) is 6.93. The van der Waals surface area contributed by atoms with E-state index in [2.05, 4.69) is 5.32 Å². The van der Waals surface area contributed by atoms with Gasteiger partial charge in [0.25, 0.3) is 0 Å². The van der Waals surface area contributed by atoms with Crippen LogP contribution in [0.3, 0.4) is 0 Å². The Morgan fingerprint density at radius 3 is 2.90 bits per heavy atom. The van der Waals surface area contributed by atoms with Crippen molar-refractivity contribution >= 4 is 17.6 Å². The second-order valence-electron chi connectivity index (χ2n) is 4.94. The first-order chi connectivity index (χ1) is 10.1. The highest BCUT2D eigenvalue weighted by Crippen LogP contribution is 2.26. The molecule has 1 fully saturated rings. The fourth-order valence-corrected chi connectivity index (χ4v) is 2.32. The second-order valence-corrected chi connectivity index (χ2v) is 4.94. The number of methoxy groups -OCH3 is 1. The molecule has 0 bridgehead atoms. The molecular formula is C15H19NO5. The van der Waals surface area contributed by atoms with Gasteiger partial charge in [-0.2, -0.15) is 0 Å². The molecule has 1 saturated heterocycles. The van der Waals surface area contributed by atoms with Crippen molar-refractivity contribution in [3.63, 3.8) is 0 Å². The summed E-state index contributed by atoms with van der Waals surface area (Å²) in [7, 11) is 1.47. The van der Waals surface area contributed by atoms with Gasteiger partial charge in [0.05, 0.1) is 24.5 Å². The monoisotopic (exact) mass is 293 g/mol. The summed E-state index contributed by atoms with van der Waals surface area (Å²) in [6, 6.07) is 4.35. The third kappa shape index (κ3) is 4.19.